The first-order valence-corrected chi connectivity index (χ1v) is 7.00. The molecule has 7 nitrogen and oxygen atoms in total. The number of sulfonamides is 1. The highest BCUT2D eigenvalue weighted by molar-refractivity contribution is 7.89. The van der Waals surface area contributed by atoms with Crippen LogP contribution in [-0.2, 0) is 16.4 Å². The van der Waals surface area contributed by atoms with Gasteiger partial charge in [0.05, 0.1) is 16.3 Å². The van der Waals surface area contributed by atoms with Crippen LogP contribution in [0.25, 0.3) is 5.69 Å². The topological polar surface area (TPSA) is 115 Å². The Kier molecular flexibility index (Phi) is 3.33. The van der Waals surface area contributed by atoms with Crippen LogP contribution in [0.15, 0.2) is 29.2 Å². The van der Waals surface area contributed by atoms with Gasteiger partial charge in [-0.25, -0.2) is 18.2 Å². The Morgan fingerprint density at radius 2 is 2.00 bits per heavy atom. The van der Waals surface area contributed by atoms with Gasteiger partial charge in [-0.1, -0.05) is 12.1 Å². The van der Waals surface area contributed by atoms with Crippen LogP contribution >= 0.6 is 0 Å². The molecule has 0 aliphatic heterocycles. The molecular formula is C11H11N5O2S. The van der Waals surface area contributed by atoms with Crippen molar-refractivity contribution in [3.8, 4) is 11.8 Å². The molecule has 2 aromatic rings. The minimum absolute atomic E-state index is 0.0231. The van der Waals surface area contributed by atoms with Crippen LogP contribution in [-0.4, -0.2) is 23.4 Å². The predicted octanol–water partition coefficient (Wildman–Crippen LogP) is 0.349. The summed E-state index contributed by atoms with van der Waals surface area (Å²) in [6.45, 7) is 1.88. The SMILES string of the molecule is CCc1c(C#N)nnn1-c1ccc(S(N)(=O)=O)cc1. The van der Waals surface area contributed by atoms with Gasteiger partial charge in [-0.2, -0.15) is 5.26 Å². The maximum atomic E-state index is 11.2. The first-order valence-electron chi connectivity index (χ1n) is 5.45. The highest BCUT2D eigenvalue weighted by atomic mass is 32.2. The van der Waals surface area contributed by atoms with E-state index >= 15 is 0 Å². The van der Waals surface area contributed by atoms with Gasteiger partial charge in [0.2, 0.25) is 10.0 Å². The zero-order valence-electron chi connectivity index (χ0n) is 10.1. The molecule has 1 heterocycles. The predicted molar refractivity (Wildman–Crippen MR) is 66.8 cm³/mol. The third-order valence-corrected chi connectivity index (χ3v) is 3.54. The van der Waals surface area contributed by atoms with Crippen LogP contribution in [0.4, 0.5) is 0 Å². The number of hydrogen-bond donors (Lipinski definition) is 1. The molecule has 98 valence electrons. The van der Waals surface area contributed by atoms with Crippen molar-refractivity contribution in [3.05, 3.63) is 35.7 Å². The number of nitrogens with zero attached hydrogens (tertiary/aromatic N) is 4. The molecule has 0 spiro atoms. The van der Waals surface area contributed by atoms with Gasteiger partial charge < -0.3 is 0 Å². The van der Waals surface area contributed by atoms with E-state index in [1.54, 1.807) is 12.1 Å². The van der Waals surface area contributed by atoms with Crippen molar-refractivity contribution in [2.24, 2.45) is 5.14 Å². The number of nitriles is 1. The average molecular weight is 277 g/mol. The largest absolute Gasteiger partial charge is 0.238 e. The fourth-order valence-electron chi connectivity index (χ4n) is 1.69. The van der Waals surface area contributed by atoms with Gasteiger partial charge in [-0.3, -0.25) is 0 Å². The summed E-state index contributed by atoms with van der Waals surface area (Å²) in [5.41, 5.74) is 1.56. The molecule has 19 heavy (non-hydrogen) atoms. The molecule has 0 fully saturated rings. The van der Waals surface area contributed by atoms with Crippen molar-refractivity contribution in [1.82, 2.24) is 15.0 Å². The number of rotatable bonds is 3. The molecule has 2 N–H and O–H groups in total. The molecule has 0 unspecified atom stereocenters. The van der Waals surface area contributed by atoms with Gasteiger partial charge in [0, 0.05) is 0 Å². The third-order valence-electron chi connectivity index (χ3n) is 2.61. The van der Waals surface area contributed by atoms with E-state index in [9.17, 15) is 8.42 Å². The maximum absolute atomic E-state index is 11.2. The molecular weight excluding hydrogens is 266 g/mol. The number of aromatic nitrogens is 3. The fourth-order valence-corrected chi connectivity index (χ4v) is 2.21. The lowest BCUT2D eigenvalue weighted by Crippen LogP contribution is -2.12. The first kappa shape index (κ1) is 13.2. The lowest BCUT2D eigenvalue weighted by atomic mass is 10.2. The minimum atomic E-state index is -3.71. The van der Waals surface area contributed by atoms with E-state index in [1.165, 1.54) is 16.8 Å². The van der Waals surface area contributed by atoms with Crippen molar-refractivity contribution >= 4 is 10.0 Å². The Bertz CT molecular complexity index is 740. The second kappa shape index (κ2) is 4.79. The van der Waals surface area contributed by atoms with E-state index in [4.69, 9.17) is 10.4 Å². The standard InChI is InChI=1S/C11H11N5O2S/c1-2-11-10(7-12)14-15-16(11)8-3-5-9(6-4-8)19(13,17)18/h3-6H,2H2,1H3,(H2,13,17,18). The summed E-state index contributed by atoms with van der Waals surface area (Å²) in [4.78, 5) is 0.0231. The molecule has 8 heteroatoms. The quantitative estimate of drug-likeness (QED) is 0.869. The van der Waals surface area contributed by atoms with Gasteiger partial charge in [0.15, 0.2) is 5.69 Å². The number of primary sulfonamides is 1. The maximum Gasteiger partial charge on any atom is 0.238 e. The molecule has 1 aromatic carbocycles. The van der Waals surface area contributed by atoms with Gasteiger partial charge in [0.25, 0.3) is 0 Å². The summed E-state index contributed by atoms with van der Waals surface area (Å²) in [7, 11) is -3.71. The molecule has 0 amide bonds. The Labute approximate surface area is 110 Å². The van der Waals surface area contributed by atoms with Crippen molar-refractivity contribution < 1.29 is 8.42 Å². The Hall–Kier alpha value is -2.24. The summed E-state index contributed by atoms with van der Waals surface area (Å²) in [6, 6.07) is 7.86. The van der Waals surface area contributed by atoms with Crippen LogP contribution in [0.1, 0.15) is 18.3 Å². The molecule has 0 saturated carbocycles. The summed E-state index contributed by atoms with van der Waals surface area (Å²) in [6.07, 6.45) is 0.590. The van der Waals surface area contributed by atoms with E-state index < -0.39 is 10.0 Å². The normalized spacial score (nSPS) is 11.2. The Balaban J connectivity index is 2.50. The van der Waals surface area contributed by atoms with E-state index in [0.717, 1.165) is 0 Å². The van der Waals surface area contributed by atoms with E-state index in [2.05, 4.69) is 10.3 Å². The van der Waals surface area contributed by atoms with Crippen LogP contribution in [0, 0.1) is 11.3 Å². The minimum Gasteiger partial charge on any atom is -0.225 e. The summed E-state index contributed by atoms with van der Waals surface area (Å²) < 4.78 is 23.8. The van der Waals surface area contributed by atoms with Gasteiger partial charge in [0.1, 0.15) is 6.07 Å². The average Bonchev–Trinajstić information content (AvgIpc) is 2.80. The van der Waals surface area contributed by atoms with Crippen LogP contribution in [0.5, 0.6) is 0 Å². The van der Waals surface area contributed by atoms with Crippen LogP contribution < -0.4 is 5.14 Å². The van der Waals surface area contributed by atoms with E-state index in [-0.39, 0.29) is 10.6 Å². The molecule has 0 aliphatic carbocycles. The molecule has 0 aliphatic rings. The highest BCUT2D eigenvalue weighted by Crippen LogP contribution is 2.15. The number of hydrogen-bond acceptors (Lipinski definition) is 5. The molecule has 0 radical (unpaired) electrons. The highest BCUT2D eigenvalue weighted by Gasteiger charge is 2.13. The van der Waals surface area contributed by atoms with Crippen molar-refractivity contribution in [2.75, 3.05) is 0 Å². The van der Waals surface area contributed by atoms with Gasteiger partial charge >= 0.3 is 0 Å². The third kappa shape index (κ3) is 2.47. The molecule has 2 rings (SSSR count). The van der Waals surface area contributed by atoms with Crippen LogP contribution in [0.2, 0.25) is 0 Å². The van der Waals surface area contributed by atoms with Gasteiger partial charge in [-0.05, 0) is 30.7 Å². The summed E-state index contributed by atoms with van der Waals surface area (Å²) >= 11 is 0. The Morgan fingerprint density at radius 1 is 1.37 bits per heavy atom. The fraction of sp³-hybridized carbons (Fsp3) is 0.182. The summed E-state index contributed by atoms with van der Waals surface area (Å²) in [5, 5.41) is 21.6. The Morgan fingerprint density at radius 3 is 2.47 bits per heavy atom. The number of benzene rings is 1. The summed E-state index contributed by atoms with van der Waals surface area (Å²) in [5.74, 6) is 0. The van der Waals surface area contributed by atoms with E-state index in [0.29, 0.717) is 17.8 Å². The van der Waals surface area contributed by atoms with Gasteiger partial charge in [-0.15, -0.1) is 5.10 Å². The molecule has 1 aromatic heterocycles. The zero-order chi connectivity index (χ0) is 14.0. The number of nitrogens with two attached hydrogens (primary N) is 1. The lowest BCUT2D eigenvalue weighted by molar-refractivity contribution is 0.597. The second-order valence-electron chi connectivity index (χ2n) is 3.80. The lowest BCUT2D eigenvalue weighted by Gasteiger charge is -2.05. The molecule has 0 bridgehead atoms. The first-order chi connectivity index (χ1) is 8.97. The molecule has 0 atom stereocenters. The molecule has 0 saturated heterocycles. The van der Waals surface area contributed by atoms with Crippen LogP contribution in [0.3, 0.4) is 0 Å². The van der Waals surface area contributed by atoms with Crippen molar-refractivity contribution in [3.63, 3.8) is 0 Å². The monoisotopic (exact) mass is 277 g/mol. The van der Waals surface area contributed by atoms with Crippen molar-refractivity contribution in [2.45, 2.75) is 18.2 Å². The second-order valence-corrected chi connectivity index (χ2v) is 5.36. The van der Waals surface area contributed by atoms with E-state index in [1.807, 2.05) is 13.0 Å². The smallest absolute Gasteiger partial charge is 0.225 e. The zero-order valence-corrected chi connectivity index (χ0v) is 10.9. The van der Waals surface area contributed by atoms with Crippen molar-refractivity contribution in [1.29, 1.82) is 5.26 Å².